The van der Waals surface area contributed by atoms with Crippen LogP contribution in [0.1, 0.15) is 25.8 Å². The largest absolute Gasteiger partial charge is 0.478 e. The van der Waals surface area contributed by atoms with Crippen molar-refractivity contribution in [3.63, 3.8) is 0 Å². The first-order valence-corrected chi connectivity index (χ1v) is 8.38. The van der Waals surface area contributed by atoms with Crippen LogP contribution < -0.4 is 5.32 Å². The number of ether oxygens (including phenoxy) is 1. The zero-order valence-corrected chi connectivity index (χ0v) is 14.1. The van der Waals surface area contributed by atoms with Crippen molar-refractivity contribution >= 4 is 29.7 Å². The molecule has 2 aliphatic heterocycles. The van der Waals surface area contributed by atoms with Gasteiger partial charge >= 0.3 is 12.1 Å². The van der Waals surface area contributed by atoms with E-state index in [1.165, 1.54) is 16.7 Å². The van der Waals surface area contributed by atoms with E-state index in [1.54, 1.807) is 26.0 Å². The third kappa shape index (κ3) is 2.41. The van der Waals surface area contributed by atoms with E-state index in [4.69, 9.17) is 4.74 Å². The van der Waals surface area contributed by atoms with Gasteiger partial charge in [0.05, 0.1) is 16.5 Å². The van der Waals surface area contributed by atoms with Gasteiger partial charge < -0.3 is 9.84 Å². The Morgan fingerprint density at radius 3 is 2.62 bits per heavy atom. The molecular weight excluding hydrogens is 332 g/mol. The van der Waals surface area contributed by atoms with Gasteiger partial charge in [0.25, 0.3) is 0 Å². The molecule has 2 amide bonds. The number of fused-ring (bicyclic) bond motifs is 1. The monoisotopic (exact) mass is 350 g/mol. The van der Waals surface area contributed by atoms with Crippen molar-refractivity contribution in [2.45, 2.75) is 42.7 Å². The van der Waals surface area contributed by atoms with E-state index in [9.17, 15) is 19.5 Å². The maximum absolute atomic E-state index is 12.2. The Morgan fingerprint density at radius 1 is 1.38 bits per heavy atom. The third-order valence-electron chi connectivity index (χ3n) is 4.37. The van der Waals surface area contributed by atoms with Gasteiger partial charge in [-0.25, -0.2) is 9.59 Å². The summed E-state index contributed by atoms with van der Waals surface area (Å²) in [6.45, 7) is 3.43. The normalized spacial score (nSPS) is 27.2. The number of amides is 2. The standard InChI is InChI=1S/C16H18N2O5S/c1-15(2)16(13(20)21,18-11(19)8-12(18)24-15)17-14(22)23-9-10-6-4-3-5-7-10/h3-7,12H,8-9H2,1-2H3,(H,17,22)(H,20,21)/t12-,16+/m1/s1. The molecule has 0 aromatic heterocycles. The molecule has 7 nitrogen and oxygen atoms in total. The van der Waals surface area contributed by atoms with Crippen molar-refractivity contribution in [2.75, 3.05) is 0 Å². The van der Waals surface area contributed by atoms with Crippen LogP contribution in [0.5, 0.6) is 0 Å². The average Bonchev–Trinajstić information content (AvgIpc) is 2.70. The fourth-order valence-electron chi connectivity index (χ4n) is 3.13. The van der Waals surface area contributed by atoms with Gasteiger partial charge in [0.1, 0.15) is 6.61 Å². The van der Waals surface area contributed by atoms with Gasteiger partial charge in [0.15, 0.2) is 0 Å². The van der Waals surface area contributed by atoms with E-state index in [0.717, 1.165) is 5.56 Å². The van der Waals surface area contributed by atoms with Gasteiger partial charge in [-0.1, -0.05) is 30.3 Å². The van der Waals surface area contributed by atoms with Crippen molar-refractivity contribution in [1.82, 2.24) is 10.2 Å². The minimum atomic E-state index is -1.81. The highest BCUT2D eigenvalue weighted by atomic mass is 32.2. The van der Waals surface area contributed by atoms with Gasteiger partial charge in [-0.15, -0.1) is 11.8 Å². The molecule has 0 radical (unpaired) electrons. The smallest absolute Gasteiger partial charge is 0.409 e. The van der Waals surface area contributed by atoms with Crippen LogP contribution in [0.15, 0.2) is 30.3 Å². The molecule has 128 valence electrons. The van der Waals surface area contributed by atoms with Crippen LogP contribution in [0, 0.1) is 0 Å². The number of thioether (sulfide) groups is 1. The summed E-state index contributed by atoms with van der Waals surface area (Å²) in [7, 11) is 0. The summed E-state index contributed by atoms with van der Waals surface area (Å²) in [6.07, 6.45) is -0.584. The molecule has 2 heterocycles. The summed E-state index contributed by atoms with van der Waals surface area (Å²) in [5.74, 6) is -1.56. The molecule has 2 N–H and O–H groups in total. The number of β-lactam (4-membered cyclic amide) rings is 1. The first kappa shape index (κ1) is 16.6. The number of benzene rings is 1. The molecule has 1 aromatic rings. The van der Waals surface area contributed by atoms with Crippen molar-refractivity contribution in [3.8, 4) is 0 Å². The number of hydrogen-bond acceptors (Lipinski definition) is 5. The summed E-state index contributed by atoms with van der Waals surface area (Å²) in [5, 5.41) is 12.0. The van der Waals surface area contributed by atoms with Crippen LogP contribution in [0.3, 0.4) is 0 Å². The Hall–Kier alpha value is -2.22. The van der Waals surface area contributed by atoms with Gasteiger partial charge in [-0.05, 0) is 19.4 Å². The lowest BCUT2D eigenvalue weighted by atomic mass is 9.90. The minimum Gasteiger partial charge on any atom is -0.478 e. The minimum absolute atomic E-state index is 0.0211. The number of rotatable bonds is 4. The van der Waals surface area contributed by atoms with Crippen LogP contribution in [0.25, 0.3) is 0 Å². The summed E-state index contributed by atoms with van der Waals surface area (Å²) in [4.78, 5) is 37.4. The van der Waals surface area contributed by atoms with Gasteiger partial charge in [-0.2, -0.15) is 0 Å². The first-order valence-electron chi connectivity index (χ1n) is 7.50. The van der Waals surface area contributed by atoms with E-state index in [2.05, 4.69) is 5.32 Å². The predicted molar refractivity (Wildman–Crippen MR) is 87.1 cm³/mol. The maximum Gasteiger partial charge on any atom is 0.409 e. The summed E-state index contributed by atoms with van der Waals surface area (Å²) in [5.41, 5.74) is -1.03. The Labute approximate surface area is 143 Å². The Bertz CT molecular complexity index is 693. The Morgan fingerprint density at radius 2 is 2.04 bits per heavy atom. The number of aliphatic carboxylic acids is 1. The van der Waals surface area contributed by atoms with Crippen molar-refractivity contribution in [3.05, 3.63) is 35.9 Å². The number of carbonyl (C=O) groups excluding carboxylic acids is 2. The zero-order valence-electron chi connectivity index (χ0n) is 13.3. The van der Waals surface area contributed by atoms with Crippen LogP contribution >= 0.6 is 11.8 Å². The molecule has 8 heteroatoms. The number of nitrogens with zero attached hydrogens (tertiary/aromatic N) is 1. The van der Waals surface area contributed by atoms with Crippen molar-refractivity contribution in [1.29, 1.82) is 0 Å². The summed E-state index contributed by atoms with van der Waals surface area (Å²) < 4.78 is 4.25. The molecule has 2 atom stereocenters. The topological polar surface area (TPSA) is 95.9 Å². The Balaban J connectivity index is 1.77. The molecule has 2 fully saturated rings. The number of nitrogens with one attached hydrogen (secondary N) is 1. The number of carboxylic acid groups (broad SMARTS) is 1. The second kappa shape index (κ2) is 5.70. The molecule has 2 aliphatic rings. The first-order chi connectivity index (χ1) is 11.3. The zero-order chi connectivity index (χ0) is 17.5. The Kier molecular flexibility index (Phi) is 3.95. The lowest BCUT2D eigenvalue weighted by Crippen LogP contribution is -2.75. The van der Waals surface area contributed by atoms with E-state index in [-0.39, 0.29) is 24.3 Å². The highest BCUT2D eigenvalue weighted by molar-refractivity contribution is 8.01. The molecule has 2 saturated heterocycles. The predicted octanol–water partition coefficient (Wildman–Crippen LogP) is 1.78. The summed E-state index contributed by atoms with van der Waals surface area (Å²) in [6, 6.07) is 9.07. The molecule has 0 spiro atoms. The van der Waals surface area contributed by atoms with Gasteiger partial charge in [0.2, 0.25) is 11.6 Å². The molecule has 0 bridgehead atoms. The lowest BCUT2D eigenvalue weighted by Gasteiger charge is -2.45. The molecule has 3 rings (SSSR count). The van der Waals surface area contributed by atoms with Crippen LogP contribution in [0.2, 0.25) is 0 Å². The van der Waals surface area contributed by atoms with Crippen LogP contribution in [-0.2, 0) is 20.9 Å². The van der Waals surface area contributed by atoms with Gasteiger partial charge in [0, 0.05) is 0 Å². The molecule has 0 aliphatic carbocycles. The van der Waals surface area contributed by atoms with Gasteiger partial charge in [-0.3, -0.25) is 15.0 Å². The molecular formula is C16H18N2O5S. The van der Waals surface area contributed by atoms with E-state index < -0.39 is 22.5 Å². The number of alkyl carbamates (subject to hydrolysis) is 1. The highest BCUT2D eigenvalue weighted by Gasteiger charge is 2.70. The van der Waals surface area contributed by atoms with E-state index in [0.29, 0.717) is 0 Å². The molecule has 1 aromatic carbocycles. The maximum atomic E-state index is 12.2. The molecule has 0 saturated carbocycles. The van der Waals surface area contributed by atoms with Crippen LogP contribution in [-0.4, -0.2) is 43.8 Å². The van der Waals surface area contributed by atoms with E-state index in [1.807, 2.05) is 18.2 Å². The number of carboxylic acids is 1. The number of hydrogen-bond donors (Lipinski definition) is 2. The van der Waals surface area contributed by atoms with E-state index >= 15 is 0 Å². The average molecular weight is 350 g/mol. The fraction of sp³-hybridized carbons (Fsp3) is 0.438. The SMILES string of the molecule is CC1(C)S[C@@H]2CC(=O)N2[C@@]1(NC(=O)OCc1ccccc1)C(=O)O. The quantitative estimate of drug-likeness (QED) is 0.804. The second-order valence-corrected chi connectivity index (χ2v) is 8.05. The van der Waals surface area contributed by atoms with Crippen molar-refractivity contribution < 1.29 is 24.2 Å². The highest BCUT2D eigenvalue weighted by Crippen LogP contribution is 2.55. The lowest BCUT2D eigenvalue weighted by molar-refractivity contribution is -0.170. The number of carbonyl (C=O) groups is 3. The summed E-state index contributed by atoms with van der Waals surface area (Å²) >= 11 is 1.37. The van der Waals surface area contributed by atoms with Crippen LogP contribution in [0.4, 0.5) is 4.79 Å². The third-order valence-corrected chi connectivity index (χ3v) is 5.91. The fourth-order valence-corrected chi connectivity index (χ4v) is 4.83. The molecule has 24 heavy (non-hydrogen) atoms. The second-order valence-electron chi connectivity index (χ2n) is 6.25. The van der Waals surface area contributed by atoms with Crippen molar-refractivity contribution in [2.24, 2.45) is 0 Å². The molecule has 0 unspecified atom stereocenters.